The monoisotopic (exact) mass is 281 g/mol. The van der Waals surface area contributed by atoms with E-state index < -0.39 is 0 Å². The Morgan fingerprint density at radius 3 is 2.14 bits per heavy atom. The Balaban J connectivity index is 2.35. The standard InChI is InChI=1S/C20H27N/c1-5-21-19(15-16-11-7-6-8-12-16)17-13-9-10-14-18(17)20(2,3)4/h6-14,19,21H,5,15H2,1-4H3. The minimum atomic E-state index is 0.168. The van der Waals surface area contributed by atoms with Crippen LogP contribution in [0.1, 0.15) is 50.4 Å². The Bertz CT molecular complexity index is 552. The highest BCUT2D eigenvalue weighted by atomic mass is 14.9. The van der Waals surface area contributed by atoms with Crippen molar-refractivity contribution in [1.29, 1.82) is 0 Å². The van der Waals surface area contributed by atoms with E-state index >= 15 is 0 Å². The van der Waals surface area contributed by atoms with Gasteiger partial charge in [0.15, 0.2) is 0 Å². The van der Waals surface area contributed by atoms with E-state index in [-0.39, 0.29) is 5.41 Å². The van der Waals surface area contributed by atoms with E-state index in [0.29, 0.717) is 6.04 Å². The van der Waals surface area contributed by atoms with Gasteiger partial charge in [0.25, 0.3) is 0 Å². The Hall–Kier alpha value is -1.60. The highest BCUT2D eigenvalue weighted by molar-refractivity contribution is 5.36. The van der Waals surface area contributed by atoms with E-state index in [4.69, 9.17) is 0 Å². The van der Waals surface area contributed by atoms with Gasteiger partial charge in [-0.25, -0.2) is 0 Å². The lowest BCUT2D eigenvalue weighted by molar-refractivity contribution is 0.517. The van der Waals surface area contributed by atoms with Crippen LogP contribution >= 0.6 is 0 Å². The van der Waals surface area contributed by atoms with Gasteiger partial charge in [-0.1, -0.05) is 82.3 Å². The van der Waals surface area contributed by atoms with Crippen LogP contribution in [0.4, 0.5) is 0 Å². The summed E-state index contributed by atoms with van der Waals surface area (Å²) >= 11 is 0. The third-order valence-corrected chi connectivity index (χ3v) is 3.88. The number of hydrogen-bond acceptors (Lipinski definition) is 1. The molecule has 21 heavy (non-hydrogen) atoms. The summed E-state index contributed by atoms with van der Waals surface area (Å²) in [6.45, 7) is 10.0. The summed E-state index contributed by atoms with van der Waals surface area (Å²) in [5, 5.41) is 3.66. The van der Waals surface area contributed by atoms with E-state index in [2.05, 4.69) is 87.6 Å². The van der Waals surface area contributed by atoms with E-state index in [1.165, 1.54) is 16.7 Å². The van der Waals surface area contributed by atoms with E-state index in [9.17, 15) is 0 Å². The van der Waals surface area contributed by atoms with Gasteiger partial charge in [0.05, 0.1) is 0 Å². The topological polar surface area (TPSA) is 12.0 Å². The molecule has 2 aromatic rings. The van der Waals surface area contributed by atoms with Crippen LogP contribution in [0.3, 0.4) is 0 Å². The molecular weight excluding hydrogens is 254 g/mol. The summed E-state index contributed by atoms with van der Waals surface area (Å²) in [5.74, 6) is 0. The fourth-order valence-corrected chi connectivity index (χ4v) is 2.87. The first-order valence-corrected chi connectivity index (χ1v) is 7.89. The summed E-state index contributed by atoms with van der Waals surface area (Å²) in [6.07, 6.45) is 1.03. The van der Waals surface area contributed by atoms with E-state index in [1.54, 1.807) is 0 Å². The molecule has 0 saturated heterocycles. The molecule has 0 radical (unpaired) electrons. The van der Waals surface area contributed by atoms with Crippen molar-refractivity contribution in [1.82, 2.24) is 5.32 Å². The number of rotatable bonds is 5. The second kappa shape index (κ2) is 6.91. The van der Waals surface area contributed by atoms with Crippen LogP contribution in [0.2, 0.25) is 0 Å². The minimum Gasteiger partial charge on any atom is -0.310 e. The number of benzene rings is 2. The molecule has 1 heteroatoms. The molecule has 1 N–H and O–H groups in total. The van der Waals surface area contributed by atoms with Crippen molar-refractivity contribution < 1.29 is 0 Å². The van der Waals surface area contributed by atoms with Gasteiger partial charge in [-0.05, 0) is 35.1 Å². The highest BCUT2D eigenvalue weighted by Crippen LogP contribution is 2.31. The van der Waals surface area contributed by atoms with Gasteiger partial charge >= 0.3 is 0 Å². The molecular formula is C20H27N. The van der Waals surface area contributed by atoms with Crippen molar-refractivity contribution in [2.45, 2.75) is 45.6 Å². The lowest BCUT2D eigenvalue weighted by atomic mass is 9.81. The second-order valence-corrected chi connectivity index (χ2v) is 6.64. The summed E-state index contributed by atoms with van der Waals surface area (Å²) in [4.78, 5) is 0. The average Bonchev–Trinajstić information content (AvgIpc) is 2.47. The van der Waals surface area contributed by atoms with E-state index in [0.717, 1.165) is 13.0 Å². The molecule has 0 aliphatic carbocycles. The molecule has 0 spiro atoms. The Morgan fingerprint density at radius 2 is 1.52 bits per heavy atom. The van der Waals surface area contributed by atoms with Crippen LogP contribution in [-0.4, -0.2) is 6.54 Å². The molecule has 1 atom stereocenters. The average molecular weight is 281 g/mol. The van der Waals surface area contributed by atoms with Crippen LogP contribution in [0.25, 0.3) is 0 Å². The van der Waals surface area contributed by atoms with Crippen molar-refractivity contribution in [3.8, 4) is 0 Å². The van der Waals surface area contributed by atoms with Crippen LogP contribution in [-0.2, 0) is 11.8 Å². The van der Waals surface area contributed by atoms with E-state index in [1.807, 2.05) is 0 Å². The van der Waals surface area contributed by atoms with Gasteiger partial charge in [0.2, 0.25) is 0 Å². The van der Waals surface area contributed by atoms with Gasteiger partial charge in [0, 0.05) is 6.04 Å². The van der Waals surface area contributed by atoms with Gasteiger partial charge in [-0.2, -0.15) is 0 Å². The Kier molecular flexibility index (Phi) is 5.19. The molecule has 112 valence electrons. The number of nitrogens with one attached hydrogen (secondary N) is 1. The molecule has 2 aromatic carbocycles. The number of hydrogen-bond donors (Lipinski definition) is 1. The lowest BCUT2D eigenvalue weighted by Crippen LogP contribution is -2.26. The molecule has 0 amide bonds. The molecule has 0 heterocycles. The minimum absolute atomic E-state index is 0.168. The SMILES string of the molecule is CCNC(Cc1ccccc1)c1ccccc1C(C)(C)C. The first-order valence-electron chi connectivity index (χ1n) is 7.89. The third-order valence-electron chi connectivity index (χ3n) is 3.88. The van der Waals surface area contributed by atoms with Crippen LogP contribution in [0.5, 0.6) is 0 Å². The predicted octanol–water partition coefficient (Wildman–Crippen LogP) is 4.88. The zero-order valence-electron chi connectivity index (χ0n) is 13.7. The van der Waals surface area contributed by atoms with Crippen molar-refractivity contribution in [3.63, 3.8) is 0 Å². The summed E-state index contributed by atoms with van der Waals surface area (Å²) in [5.41, 5.74) is 4.41. The van der Waals surface area contributed by atoms with Crippen molar-refractivity contribution in [2.24, 2.45) is 0 Å². The maximum atomic E-state index is 3.66. The smallest absolute Gasteiger partial charge is 0.0363 e. The molecule has 0 saturated carbocycles. The lowest BCUT2D eigenvalue weighted by Gasteiger charge is -2.28. The molecule has 0 aliphatic heterocycles. The first kappa shape index (κ1) is 15.8. The molecule has 1 unspecified atom stereocenters. The third kappa shape index (κ3) is 4.18. The molecule has 2 rings (SSSR count). The Morgan fingerprint density at radius 1 is 0.905 bits per heavy atom. The van der Waals surface area contributed by atoms with Crippen LogP contribution < -0.4 is 5.32 Å². The fourth-order valence-electron chi connectivity index (χ4n) is 2.87. The Labute approximate surface area is 129 Å². The quantitative estimate of drug-likeness (QED) is 0.824. The van der Waals surface area contributed by atoms with Crippen molar-refractivity contribution >= 4 is 0 Å². The van der Waals surface area contributed by atoms with Crippen LogP contribution in [0.15, 0.2) is 54.6 Å². The maximum absolute atomic E-state index is 3.66. The largest absolute Gasteiger partial charge is 0.310 e. The van der Waals surface area contributed by atoms with Gasteiger partial charge in [-0.15, -0.1) is 0 Å². The fraction of sp³-hybridized carbons (Fsp3) is 0.400. The van der Waals surface area contributed by atoms with Crippen molar-refractivity contribution in [2.75, 3.05) is 6.54 Å². The maximum Gasteiger partial charge on any atom is 0.0363 e. The molecule has 1 nitrogen and oxygen atoms in total. The second-order valence-electron chi connectivity index (χ2n) is 6.64. The van der Waals surface area contributed by atoms with Gasteiger partial charge < -0.3 is 5.32 Å². The first-order chi connectivity index (χ1) is 10.0. The molecule has 0 aromatic heterocycles. The molecule has 0 aliphatic rings. The van der Waals surface area contributed by atoms with Crippen LogP contribution in [0, 0.1) is 0 Å². The van der Waals surface area contributed by atoms with Crippen molar-refractivity contribution in [3.05, 3.63) is 71.3 Å². The summed E-state index contributed by atoms with van der Waals surface area (Å²) < 4.78 is 0. The van der Waals surface area contributed by atoms with Gasteiger partial charge in [0.1, 0.15) is 0 Å². The highest BCUT2D eigenvalue weighted by Gasteiger charge is 2.22. The zero-order chi connectivity index (χ0) is 15.3. The summed E-state index contributed by atoms with van der Waals surface area (Å²) in [7, 11) is 0. The number of likely N-dealkylation sites (N-methyl/N-ethyl adjacent to an activating group) is 1. The molecule has 0 fully saturated rings. The summed E-state index contributed by atoms with van der Waals surface area (Å²) in [6, 6.07) is 20.0. The predicted molar refractivity (Wildman–Crippen MR) is 91.7 cm³/mol. The molecule has 0 bridgehead atoms. The van der Waals surface area contributed by atoms with Gasteiger partial charge in [-0.3, -0.25) is 0 Å². The zero-order valence-corrected chi connectivity index (χ0v) is 13.7. The normalized spacial score (nSPS) is 13.1.